The van der Waals surface area contributed by atoms with Crippen molar-refractivity contribution >= 4 is 0 Å². The van der Waals surface area contributed by atoms with E-state index in [4.69, 9.17) is 14.2 Å². The molecule has 2 fully saturated rings. The van der Waals surface area contributed by atoms with Crippen LogP contribution in [0.3, 0.4) is 0 Å². The lowest BCUT2D eigenvalue weighted by molar-refractivity contribution is -0.343. The first kappa shape index (κ1) is 43.3. The van der Waals surface area contributed by atoms with Crippen LogP contribution in [0.4, 0.5) is 0 Å². The van der Waals surface area contributed by atoms with Gasteiger partial charge in [0.2, 0.25) is 0 Å². The zero-order valence-corrected chi connectivity index (χ0v) is 31.7. The molecule has 304 valence electrons. The molecule has 2 aliphatic heterocycles. The first-order chi connectivity index (χ1) is 26.8. The van der Waals surface area contributed by atoms with Gasteiger partial charge in [-0.2, -0.15) is 0 Å². The highest BCUT2D eigenvalue weighted by Gasteiger charge is 2.50. The molecular formula is C43H62N2O10. The van der Waals surface area contributed by atoms with Gasteiger partial charge in [0.25, 0.3) is 0 Å². The lowest BCUT2D eigenvalue weighted by atomic mass is 9.77. The van der Waals surface area contributed by atoms with E-state index in [-0.39, 0.29) is 0 Å². The second-order valence-corrected chi connectivity index (χ2v) is 14.8. The van der Waals surface area contributed by atoms with Gasteiger partial charge in [0.15, 0.2) is 6.29 Å². The minimum absolute atomic E-state index is 0.427. The van der Waals surface area contributed by atoms with Crippen molar-refractivity contribution in [2.75, 3.05) is 26.3 Å². The topological polar surface area (TPSA) is 193 Å². The van der Waals surface area contributed by atoms with E-state index in [9.17, 15) is 35.7 Å². The average molecular weight is 767 g/mol. The number of aliphatic hydroxyl groups is 7. The molecule has 12 nitrogen and oxygen atoms in total. The van der Waals surface area contributed by atoms with Crippen LogP contribution >= 0.6 is 0 Å². The zero-order valence-electron chi connectivity index (χ0n) is 31.7. The molecule has 0 aliphatic carbocycles. The molecule has 2 saturated heterocycles. The molecular weight excluding hydrogens is 704 g/mol. The molecule has 0 aromatic heterocycles. The fraction of sp³-hybridized carbons (Fsp3) is 0.581. The van der Waals surface area contributed by atoms with Gasteiger partial charge in [0.05, 0.1) is 18.8 Å². The van der Waals surface area contributed by atoms with Crippen molar-refractivity contribution in [3.63, 3.8) is 0 Å². The van der Waals surface area contributed by atoms with Crippen molar-refractivity contribution in [1.82, 2.24) is 10.6 Å². The van der Waals surface area contributed by atoms with Gasteiger partial charge in [-0.05, 0) is 42.6 Å². The van der Waals surface area contributed by atoms with Crippen molar-refractivity contribution < 1.29 is 50.0 Å². The van der Waals surface area contributed by atoms with E-state index < -0.39 is 80.1 Å². The van der Waals surface area contributed by atoms with Gasteiger partial charge in [-0.3, -0.25) is 10.6 Å². The Labute approximate surface area is 325 Å². The van der Waals surface area contributed by atoms with Crippen LogP contribution in [0.15, 0.2) is 91.0 Å². The van der Waals surface area contributed by atoms with Crippen molar-refractivity contribution in [2.45, 2.75) is 131 Å². The van der Waals surface area contributed by atoms with Gasteiger partial charge in [-0.1, -0.05) is 142 Å². The number of unbranched alkanes of at least 4 members (excludes halogenated alkanes) is 9. The Morgan fingerprint density at radius 1 is 0.491 bits per heavy atom. The van der Waals surface area contributed by atoms with Crippen LogP contribution in [0.2, 0.25) is 0 Å². The highest BCUT2D eigenvalue weighted by atomic mass is 16.7. The van der Waals surface area contributed by atoms with Gasteiger partial charge in [0.1, 0.15) is 55.1 Å². The molecule has 0 unspecified atom stereocenters. The average Bonchev–Trinajstić information content (AvgIpc) is 3.22. The lowest BCUT2D eigenvalue weighted by Gasteiger charge is -2.46. The summed E-state index contributed by atoms with van der Waals surface area (Å²) in [7, 11) is 0. The molecule has 0 radical (unpaired) electrons. The zero-order chi connectivity index (χ0) is 39.0. The number of nitrogens with one attached hydrogen (secondary N) is 2. The predicted molar refractivity (Wildman–Crippen MR) is 208 cm³/mol. The third kappa shape index (κ3) is 11.2. The summed E-state index contributed by atoms with van der Waals surface area (Å²) in [4.78, 5) is 0. The first-order valence-corrected chi connectivity index (χ1v) is 20.0. The lowest BCUT2D eigenvalue weighted by Crippen LogP contribution is -2.66. The van der Waals surface area contributed by atoms with E-state index in [0.717, 1.165) is 38.6 Å². The monoisotopic (exact) mass is 766 g/mol. The Balaban J connectivity index is 0.949. The number of ether oxygens (including phenoxy) is 3. The third-order valence-corrected chi connectivity index (χ3v) is 11.0. The van der Waals surface area contributed by atoms with Gasteiger partial charge >= 0.3 is 0 Å². The van der Waals surface area contributed by atoms with Crippen LogP contribution in [0, 0.1) is 0 Å². The van der Waals surface area contributed by atoms with E-state index in [1.807, 2.05) is 0 Å². The molecule has 0 amide bonds. The summed E-state index contributed by atoms with van der Waals surface area (Å²) in [5, 5.41) is 78.4. The molecule has 0 spiro atoms. The van der Waals surface area contributed by atoms with Gasteiger partial charge in [-0.25, -0.2) is 0 Å². The standard InChI is InChI=1S/C43H62N2O10/c46-28-33-35(48)36(49)39(52)42(54-33)55-40-34(29-47)53-41(38(51)37(40)50)44-26-18-7-5-3-1-2-4-6-8-19-27-45-43(30-20-12-9-13-21-30,31-22-14-10-15-23-31)32-24-16-11-17-25-32/h9-17,20-25,33-42,44-52H,1-8,18-19,26-29H2/t33-,34-,35-,36+,37-,38-,39-,40-,41+,42-/m1/s1. The van der Waals surface area contributed by atoms with Crippen LogP contribution in [0.1, 0.15) is 80.9 Å². The van der Waals surface area contributed by atoms with E-state index in [1.54, 1.807) is 0 Å². The second-order valence-electron chi connectivity index (χ2n) is 14.8. The first-order valence-electron chi connectivity index (χ1n) is 20.0. The normalized spacial score (nSPS) is 28.6. The highest BCUT2D eigenvalue weighted by Crippen LogP contribution is 2.37. The summed E-state index contributed by atoms with van der Waals surface area (Å²) < 4.78 is 16.8. The Kier molecular flexibility index (Phi) is 17.5. The van der Waals surface area contributed by atoms with Crippen molar-refractivity contribution in [1.29, 1.82) is 0 Å². The molecule has 0 bridgehead atoms. The molecule has 12 heteroatoms. The van der Waals surface area contributed by atoms with E-state index in [1.165, 1.54) is 48.8 Å². The van der Waals surface area contributed by atoms with Crippen LogP contribution in [-0.2, 0) is 19.7 Å². The number of hydrogen-bond acceptors (Lipinski definition) is 12. The SMILES string of the molecule is OC[C@H]1O[C@H](O[C@H]2[C@H](O)[C@@H](O)[C@@H](NCCCCCCCCCCCCNC(c3ccccc3)(c3ccccc3)c3ccccc3)O[C@@H]2CO)[C@H](O)[C@@H](O)[C@@H]1O. The smallest absolute Gasteiger partial charge is 0.187 e. The van der Waals surface area contributed by atoms with Gasteiger partial charge in [-0.15, -0.1) is 0 Å². The Morgan fingerprint density at radius 2 is 0.945 bits per heavy atom. The maximum atomic E-state index is 10.8. The number of aliphatic hydroxyl groups excluding tert-OH is 7. The summed E-state index contributed by atoms with van der Waals surface area (Å²) in [5.74, 6) is 0. The van der Waals surface area contributed by atoms with E-state index >= 15 is 0 Å². The third-order valence-electron chi connectivity index (χ3n) is 11.0. The van der Waals surface area contributed by atoms with Crippen molar-refractivity contribution in [3.8, 4) is 0 Å². The van der Waals surface area contributed by atoms with Crippen molar-refractivity contribution in [3.05, 3.63) is 108 Å². The molecule has 9 N–H and O–H groups in total. The van der Waals surface area contributed by atoms with E-state index in [2.05, 4.69) is 102 Å². The van der Waals surface area contributed by atoms with Crippen molar-refractivity contribution in [2.24, 2.45) is 0 Å². The molecule has 10 atom stereocenters. The van der Waals surface area contributed by atoms with Crippen LogP contribution in [-0.4, -0.2) is 123 Å². The fourth-order valence-corrected chi connectivity index (χ4v) is 7.81. The minimum atomic E-state index is -1.70. The summed E-state index contributed by atoms with van der Waals surface area (Å²) in [5.41, 5.74) is 3.26. The Hall–Kier alpha value is -2.82. The number of benzene rings is 3. The molecule has 2 heterocycles. The van der Waals surface area contributed by atoms with Gasteiger partial charge in [0, 0.05) is 0 Å². The predicted octanol–water partition coefficient (Wildman–Crippen LogP) is 2.68. The highest BCUT2D eigenvalue weighted by molar-refractivity contribution is 5.49. The molecule has 3 aromatic rings. The quantitative estimate of drug-likeness (QED) is 0.0538. The van der Waals surface area contributed by atoms with Crippen LogP contribution < -0.4 is 10.6 Å². The number of rotatable bonds is 22. The molecule has 2 aliphatic rings. The largest absolute Gasteiger partial charge is 0.394 e. The minimum Gasteiger partial charge on any atom is -0.394 e. The molecule has 5 rings (SSSR count). The summed E-state index contributed by atoms with van der Waals surface area (Å²) in [6, 6.07) is 32.1. The maximum Gasteiger partial charge on any atom is 0.187 e. The summed E-state index contributed by atoms with van der Waals surface area (Å²) in [6.45, 7) is 0.247. The molecule has 55 heavy (non-hydrogen) atoms. The second kappa shape index (κ2) is 22.2. The molecule has 3 aromatic carbocycles. The Bertz CT molecular complexity index is 1370. The molecule has 0 saturated carbocycles. The van der Waals surface area contributed by atoms with E-state index in [0.29, 0.717) is 6.54 Å². The maximum absolute atomic E-state index is 10.8. The van der Waals surface area contributed by atoms with Crippen LogP contribution in [0.25, 0.3) is 0 Å². The summed E-state index contributed by atoms with van der Waals surface area (Å²) >= 11 is 0. The van der Waals surface area contributed by atoms with Gasteiger partial charge < -0.3 is 50.0 Å². The summed E-state index contributed by atoms with van der Waals surface area (Å²) in [6.07, 6.45) is -2.76. The fourth-order valence-electron chi connectivity index (χ4n) is 7.81. The number of hydrogen-bond donors (Lipinski definition) is 9. The Morgan fingerprint density at radius 3 is 1.42 bits per heavy atom. The van der Waals surface area contributed by atoms with Crippen LogP contribution in [0.5, 0.6) is 0 Å².